The molecule has 2 N–H and O–H groups in total. The molecular weight excluding hydrogens is 357 g/mol. The largest absolute Gasteiger partial charge is 0.449 e. The second-order valence-electron chi connectivity index (χ2n) is 4.67. The fraction of sp³-hybridized carbons (Fsp3) is 0.786. The molecule has 0 spiro atoms. The lowest BCUT2D eigenvalue weighted by molar-refractivity contribution is 0.126. The molecule has 0 aromatic heterocycles. The third-order valence-corrected chi connectivity index (χ3v) is 4.71. The van der Waals surface area contributed by atoms with Crippen LogP contribution in [0.3, 0.4) is 0 Å². The number of ether oxygens (including phenoxy) is 1. The normalized spacial score (nSPS) is 10.5. The van der Waals surface area contributed by atoms with Crippen molar-refractivity contribution in [3.63, 3.8) is 0 Å². The third-order valence-electron chi connectivity index (χ3n) is 2.48. The quantitative estimate of drug-likeness (QED) is 0.157. The molecule has 0 radical (unpaired) electrons. The molecule has 0 unspecified atom stereocenters. The number of amides is 1. The van der Waals surface area contributed by atoms with Crippen LogP contribution in [-0.4, -0.2) is 39.1 Å². The van der Waals surface area contributed by atoms with Crippen molar-refractivity contribution in [1.82, 2.24) is 4.31 Å². The van der Waals surface area contributed by atoms with Gasteiger partial charge in [0.2, 0.25) is 0 Å². The Morgan fingerprint density at radius 2 is 1.78 bits per heavy atom. The molecule has 9 heteroatoms. The van der Waals surface area contributed by atoms with Crippen LogP contribution in [0.2, 0.25) is 0 Å². The smallest absolute Gasteiger partial charge is 0.420 e. The van der Waals surface area contributed by atoms with Crippen molar-refractivity contribution in [2.24, 2.45) is 0 Å². The van der Waals surface area contributed by atoms with E-state index in [4.69, 9.17) is 14.5 Å². The number of carbonyl (C=O) groups excluding carboxylic acids is 1. The van der Waals surface area contributed by atoms with Crippen molar-refractivity contribution < 1.29 is 23.9 Å². The van der Waals surface area contributed by atoms with Gasteiger partial charge in [0.05, 0.1) is 18.2 Å². The Morgan fingerprint density at radius 3 is 2.22 bits per heavy atom. The minimum absolute atomic E-state index is 0.250. The number of hydrogen-bond acceptors (Lipinski definition) is 5. The zero-order valence-electron chi connectivity index (χ0n) is 14.0. The summed E-state index contributed by atoms with van der Waals surface area (Å²) in [5.74, 6) is 0.778. The molecule has 0 rings (SSSR count). The van der Waals surface area contributed by atoms with E-state index in [1.807, 2.05) is 13.8 Å². The van der Waals surface area contributed by atoms with Crippen molar-refractivity contribution >= 4 is 37.1 Å². The summed E-state index contributed by atoms with van der Waals surface area (Å²) in [7, 11) is 0. The molecule has 0 fully saturated rings. The zero-order valence-corrected chi connectivity index (χ0v) is 16.6. The highest BCUT2D eigenvalue weighted by atomic mass is 32.7. The fourth-order valence-electron chi connectivity index (χ4n) is 1.38. The number of carbonyl (C=O) groups is 1. The minimum Gasteiger partial charge on any atom is -0.449 e. The van der Waals surface area contributed by atoms with Gasteiger partial charge in [-0.3, -0.25) is 0 Å². The van der Waals surface area contributed by atoms with Crippen LogP contribution in [-0.2, 0) is 9.30 Å². The maximum atomic E-state index is 11.7. The molecular formula is C14H30NO5PS2. The van der Waals surface area contributed by atoms with E-state index < -0.39 is 12.9 Å². The van der Waals surface area contributed by atoms with E-state index in [2.05, 4.69) is 19.2 Å². The van der Waals surface area contributed by atoms with Crippen molar-refractivity contribution in [2.45, 2.75) is 52.4 Å². The molecule has 0 saturated heterocycles. The lowest BCUT2D eigenvalue weighted by atomic mass is 10.2. The summed E-state index contributed by atoms with van der Waals surface area (Å²) in [5.41, 5.74) is 0. The van der Waals surface area contributed by atoms with Gasteiger partial charge in [0.25, 0.3) is 0 Å². The predicted molar refractivity (Wildman–Crippen MR) is 101 cm³/mol. The Labute approximate surface area is 149 Å². The number of unbranched alkanes of at least 4 members (excludes halogenated alkanes) is 4. The Bertz CT molecular complexity index is 352. The van der Waals surface area contributed by atoms with Gasteiger partial charge in [0, 0.05) is 12.3 Å². The number of nitrogens with zero attached hydrogens (tertiary/aromatic N) is 1. The highest BCUT2D eigenvalue weighted by molar-refractivity contribution is 8.53. The van der Waals surface area contributed by atoms with Gasteiger partial charge >= 0.3 is 12.9 Å². The summed E-state index contributed by atoms with van der Waals surface area (Å²) >= 11 is 4.05. The molecule has 0 aromatic carbocycles. The standard InChI is InChI=1S/C11H24NO5PS.C3H6S/c1-3-5-7-9-12(19-18(14,15)16)11(13)17-10-8-6-4-2;1-2-3-4/h3-10H2,1-2H3,(H2,14,15,16);2,4H,1,3H2. The summed E-state index contributed by atoms with van der Waals surface area (Å²) in [6.07, 6.45) is 6.41. The zero-order chi connectivity index (χ0) is 18.1. The SMILES string of the molecule is C=CCS.CCCCCOC(=O)N(CCCCC)SP(=O)(O)O. The minimum atomic E-state index is -4.33. The van der Waals surface area contributed by atoms with Crippen LogP contribution in [0.5, 0.6) is 0 Å². The van der Waals surface area contributed by atoms with Gasteiger partial charge in [-0.25, -0.2) is 13.7 Å². The van der Waals surface area contributed by atoms with Crippen LogP contribution >= 0.6 is 31.0 Å². The monoisotopic (exact) mass is 387 g/mol. The first-order chi connectivity index (χ1) is 10.8. The topological polar surface area (TPSA) is 87.1 Å². The Morgan fingerprint density at radius 1 is 1.26 bits per heavy atom. The van der Waals surface area contributed by atoms with E-state index in [0.717, 1.165) is 42.2 Å². The van der Waals surface area contributed by atoms with Crippen LogP contribution < -0.4 is 0 Å². The number of rotatable bonds is 11. The molecule has 0 bridgehead atoms. The average molecular weight is 388 g/mol. The van der Waals surface area contributed by atoms with Crippen LogP contribution in [0, 0.1) is 0 Å². The molecule has 0 saturated carbocycles. The highest BCUT2D eigenvalue weighted by Gasteiger charge is 2.25. The van der Waals surface area contributed by atoms with E-state index in [1.54, 1.807) is 6.08 Å². The van der Waals surface area contributed by atoms with Crippen LogP contribution in [0.1, 0.15) is 52.4 Å². The molecule has 6 nitrogen and oxygen atoms in total. The molecule has 0 heterocycles. The van der Waals surface area contributed by atoms with Crippen LogP contribution in [0.15, 0.2) is 12.7 Å². The van der Waals surface area contributed by atoms with Crippen molar-refractivity contribution in [3.05, 3.63) is 12.7 Å². The third kappa shape index (κ3) is 19.8. The number of thiol groups is 1. The van der Waals surface area contributed by atoms with E-state index in [-0.39, 0.29) is 18.1 Å². The summed E-state index contributed by atoms with van der Waals surface area (Å²) in [6, 6.07) is 0. The van der Waals surface area contributed by atoms with Gasteiger partial charge in [-0.15, -0.1) is 6.58 Å². The second-order valence-corrected chi connectivity index (χ2v) is 8.54. The van der Waals surface area contributed by atoms with E-state index in [1.165, 1.54) is 0 Å². The first-order valence-corrected chi connectivity index (χ1v) is 11.4. The van der Waals surface area contributed by atoms with E-state index in [0.29, 0.717) is 13.0 Å². The molecule has 0 aliphatic rings. The molecule has 1 amide bonds. The highest BCUT2D eigenvalue weighted by Crippen LogP contribution is 2.52. The first-order valence-electron chi connectivity index (χ1n) is 7.73. The summed E-state index contributed by atoms with van der Waals surface area (Å²) in [5, 5.41) is 0. The Hall–Kier alpha value is -0.140. The van der Waals surface area contributed by atoms with Gasteiger partial charge in [-0.1, -0.05) is 45.6 Å². The lowest BCUT2D eigenvalue weighted by Gasteiger charge is -2.20. The summed E-state index contributed by atoms with van der Waals surface area (Å²) in [6.45, 7) is 3.72. The maximum absolute atomic E-state index is 11.7. The van der Waals surface area contributed by atoms with Gasteiger partial charge in [-0.05, 0) is 12.8 Å². The van der Waals surface area contributed by atoms with Gasteiger partial charge in [0.1, 0.15) is 0 Å². The lowest BCUT2D eigenvalue weighted by Crippen LogP contribution is -2.26. The van der Waals surface area contributed by atoms with E-state index >= 15 is 0 Å². The molecule has 23 heavy (non-hydrogen) atoms. The van der Waals surface area contributed by atoms with Crippen LogP contribution in [0.25, 0.3) is 0 Å². The maximum Gasteiger partial charge on any atom is 0.420 e. The van der Waals surface area contributed by atoms with Crippen molar-refractivity contribution in [3.8, 4) is 0 Å². The van der Waals surface area contributed by atoms with Crippen molar-refractivity contribution in [1.29, 1.82) is 0 Å². The second kappa shape index (κ2) is 16.7. The van der Waals surface area contributed by atoms with Gasteiger partial charge in [0.15, 0.2) is 0 Å². The molecule has 0 aromatic rings. The fourth-order valence-corrected chi connectivity index (χ4v) is 3.18. The Kier molecular flexibility index (Phi) is 18.2. The number of hydrogen-bond donors (Lipinski definition) is 3. The first kappa shape index (κ1) is 25.1. The predicted octanol–water partition coefficient (Wildman–Crippen LogP) is 4.65. The summed E-state index contributed by atoms with van der Waals surface area (Å²) < 4.78 is 17.0. The Balaban J connectivity index is 0. The molecule has 138 valence electrons. The van der Waals surface area contributed by atoms with E-state index in [9.17, 15) is 9.36 Å². The average Bonchev–Trinajstić information content (AvgIpc) is 2.49. The van der Waals surface area contributed by atoms with Gasteiger partial charge in [-0.2, -0.15) is 12.6 Å². The van der Waals surface area contributed by atoms with Gasteiger partial charge < -0.3 is 14.5 Å². The summed E-state index contributed by atoms with van der Waals surface area (Å²) in [4.78, 5) is 29.6. The molecule has 0 aliphatic heterocycles. The van der Waals surface area contributed by atoms with Crippen molar-refractivity contribution in [2.75, 3.05) is 18.9 Å². The molecule has 0 atom stereocenters. The van der Waals surface area contributed by atoms with Crippen LogP contribution in [0.4, 0.5) is 4.79 Å². The molecule has 0 aliphatic carbocycles.